The molecule has 0 heterocycles. The van der Waals surface area contributed by atoms with Crippen LogP contribution in [-0.4, -0.2) is 49.2 Å². The van der Waals surface area contributed by atoms with Crippen molar-refractivity contribution in [2.75, 3.05) is 5.75 Å². The molecular formula is C7H18N2O4S2. The van der Waals surface area contributed by atoms with Crippen molar-refractivity contribution in [2.45, 2.75) is 32.6 Å². The number of aliphatic hydroxyl groups excluding tert-OH is 3. The molecule has 0 amide bonds. The molecule has 6 nitrogen and oxygen atoms in total. The van der Waals surface area contributed by atoms with E-state index in [1.165, 1.54) is 0 Å². The Labute approximate surface area is 98.5 Å². The third-order valence-corrected chi connectivity index (χ3v) is 1.96. The molecule has 8 heteroatoms. The van der Waals surface area contributed by atoms with E-state index >= 15 is 0 Å². The van der Waals surface area contributed by atoms with Crippen molar-refractivity contribution in [1.29, 1.82) is 0 Å². The lowest BCUT2D eigenvalue weighted by molar-refractivity contribution is -0.0185. The standard InChI is InChI=1S/C4H11NO2.C3H7NO2S2/c1-3(6)5-4(2)7;4-3(7)8-1-2(5)6/h3-7H,1-2H3;2,5-6H,1H2,(H2,4,7). The van der Waals surface area contributed by atoms with Crippen LogP contribution in [0.5, 0.6) is 0 Å². The number of aliphatic hydroxyl groups is 4. The van der Waals surface area contributed by atoms with Gasteiger partial charge in [0.1, 0.15) is 16.8 Å². The average molecular weight is 258 g/mol. The number of nitrogens with one attached hydrogen (secondary N) is 1. The van der Waals surface area contributed by atoms with Crippen LogP contribution in [0.15, 0.2) is 0 Å². The summed E-state index contributed by atoms with van der Waals surface area (Å²) in [5.41, 5.74) is 5.01. The van der Waals surface area contributed by atoms with Gasteiger partial charge in [0.2, 0.25) is 0 Å². The second-order valence-corrected chi connectivity index (χ2v) is 4.39. The van der Waals surface area contributed by atoms with Gasteiger partial charge in [0, 0.05) is 0 Å². The van der Waals surface area contributed by atoms with Crippen LogP contribution in [0.1, 0.15) is 13.8 Å². The van der Waals surface area contributed by atoms with Crippen molar-refractivity contribution in [1.82, 2.24) is 5.32 Å². The zero-order chi connectivity index (χ0) is 12.4. The first kappa shape index (κ1) is 17.4. The molecule has 0 bridgehead atoms. The fourth-order valence-corrected chi connectivity index (χ4v) is 1.02. The minimum absolute atomic E-state index is 0.148. The number of hydrogen-bond donors (Lipinski definition) is 6. The van der Waals surface area contributed by atoms with Crippen LogP contribution in [0.4, 0.5) is 0 Å². The predicted octanol–water partition coefficient (Wildman–Crippen LogP) is -1.47. The monoisotopic (exact) mass is 258 g/mol. The van der Waals surface area contributed by atoms with E-state index in [9.17, 15) is 0 Å². The number of thiocarbonyl (C=S) groups is 1. The molecule has 7 N–H and O–H groups in total. The Bertz CT molecular complexity index is 161. The molecule has 0 aliphatic carbocycles. The summed E-state index contributed by atoms with van der Waals surface area (Å²) >= 11 is 5.48. The molecule has 0 rings (SSSR count). The molecule has 0 aromatic heterocycles. The summed E-state index contributed by atoms with van der Waals surface area (Å²) in [6.45, 7) is 3.10. The quantitative estimate of drug-likeness (QED) is 0.267. The molecule has 0 saturated carbocycles. The lowest BCUT2D eigenvalue weighted by atomic mass is 10.6. The van der Waals surface area contributed by atoms with Crippen LogP contribution in [0.2, 0.25) is 0 Å². The van der Waals surface area contributed by atoms with E-state index in [4.69, 9.17) is 26.2 Å². The lowest BCUT2D eigenvalue weighted by Crippen LogP contribution is -2.33. The molecule has 0 aromatic rings. The first-order valence-electron chi connectivity index (χ1n) is 4.16. The number of rotatable bonds is 4. The topological polar surface area (TPSA) is 119 Å². The van der Waals surface area contributed by atoms with Gasteiger partial charge in [-0.25, -0.2) is 0 Å². The fourth-order valence-electron chi connectivity index (χ4n) is 0.506. The first-order valence-corrected chi connectivity index (χ1v) is 5.55. The van der Waals surface area contributed by atoms with Gasteiger partial charge >= 0.3 is 0 Å². The largest absolute Gasteiger partial charge is 0.385 e. The summed E-state index contributed by atoms with van der Waals surface area (Å²) in [7, 11) is 0. The molecular weight excluding hydrogens is 240 g/mol. The summed E-state index contributed by atoms with van der Waals surface area (Å²) in [6.07, 6.45) is -2.57. The maximum absolute atomic E-state index is 8.45. The van der Waals surface area contributed by atoms with E-state index in [1.54, 1.807) is 13.8 Å². The zero-order valence-corrected chi connectivity index (χ0v) is 10.3. The molecule has 15 heavy (non-hydrogen) atoms. The Kier molecular flexibility index (Phi) is 12.3. The van der Waals surface area contributed by atoms with Crippen LogP contribution >= 0.6 is 24.0 Å². The Morgan fingerprint density at radius 2 is 1.67 bits per heavy atom. The molecule has 0 aromatic carbocycles. The number of thioether (sulfide) groups is 1. The van der Waals surface area contributed by atoms with Crippen molar-refractivity contribution in [3.8, 4) is 0 Å². The summed E-state index contributed by atoms with van der Waals surface area (Å²) in [4.78, 5) is 0. The van der Waals surface area contributed by atoms with Gasteiger partial charge < -0.3 is 26.2 Å². The van der Waals surface area contributed by atoms with Gasteiger partial charge in [-0.3, -0.25) is 5.32 Å². The molecule has 0 saturated heterocycles. The molecule has 2 unspecified atom stereocenters. The fraction of sp³-hybridized carbons (Fsp3) is 0.857. The molecule has 2 atom stereocenters. The summed E-state index contributed by atoms with van der Waals surface area (Å²) in [6, 6.07) is 0. The summed E-state index contributed by atoms with van der Waals surface area (Å²) in [5, 5.41) is 35.8. The summed E-state index contributed by atoms with van der Waals surface area (Å²) in [5.74, 6) is 0.148. The van der Waals surface area contributed by atoms with Crippen molar-refractivity contribution < 1.29 is 20.4 Å². The normalized spacial score (nSPS) is 14.1. The Balaban J connectivity index is 0. The van der Waals surface area contributed by atoms with Crippen molar-refractivity contribution in [3.63, 3.8) is 0 Å². The van der Waals surface area contributed by atoms with E-state index in [0.29, 0.717) is 0 Å². The zero-order valence-electron chi connectivity index (χ0n) is 8.62. The van der Waals surface area contributed by atoms with E-state index in [0.717, 1.165) is 11.8 Å². The molecule has 0 spiro atoms. The van der Waals surface area contributed by atoms with Crippen LogP contribution in [0.3, 0.4) is 0 Å². The third kappa shape index (κ3) is 24.9. The smallest absolute Gasteiger partial charge is 0.161 e. The van der Waals surface area contributed by atoms with Crippen molar-refractivity contribution >= 4 is 28.3 Å². The Morgan fingerprint density at radius 1 is 1.27 bits per heavy atom. The van der Waals surface area contributed by atoms with Gasteiger partial charge in [-0.05, 0) is 13.8 Å². The molecule has 0 fully saturated rings. The highest BCUT2D eigenvalue weighted by Gasteiger charge is 1.97. The SMILES string of the molecule is CC(O)NC(C)O.NC(=S)SCC(O)O. The second kappa shape index (κ2) is 10.6. The van der Waals surface area contributed by atoms with Crippen LogP contribution in [0, 0.1) is 0 Å². The minimum Gasteiger partial charge on any atom is -0.385 e. The first-order chi connectivity index (χ1) is 6.75. The van der Waals surface area contributed by atoms with Gasteiger partial charge in [-0.15, -0.1) is 0 Å². The van der Waals surface area contributed by atoms with E-state index in [1.807, 2.05) is 0 Å². The Hall–Kier alpha value is 0.0400. The minimum atomic E-state index is -1.32. The van der Waals surface area contributed by atoms with Gasteiger partial charge in [0.15, 0.2) is 6.29 Å². The van der Waals surface area contributed by atoms with Crippen molar-refractivity contribution in [2.24, 2.45) is 5.73 Å². The molecule has 0 aliphatic rings. The van der Waals surface area contributed by atoms with Crippen molar-refractivity contribution in [3.05, 3.63) is 0 Å². The maximum atomic E-state index is 8.45. The van der Waals surface area contributed by atoms with Crippen LogP contribution in [-0.2, 0) is 0 Å². The maximum Gasteiger partial charge on any atom is 0.161 e. The van der Waals surface area contributed by atoms with Gasteiger partial charge in [0.05, 0.1) is 5.75 Å². The highest BCUT2D eigenvalue weighted by molar-refractivity contribution is 8.22. The van der Waals surface area contributed by atoms with Crippen LogP contribution < -0.4 is 11.1 Å². The third-order valence-electron chi connectivity index (χ3n) is 0.857. The average Bonchev–Trinajstić information content (AvgIpc) is 1.99. The van der Waals surface area contributed by atoms with E-state index in [-0.39, 0.29) is 10.1 Å². The molecule has 0 aliphatic heterocycles. The van der Waals surface area contributed by atoms with Crippen LogP contribution in [0.25, 0.3) is 0 Å². The predicted molar refractivity (Wildman–Crippen MR) is 64.0 cm³/mol. The Morgan fingerprint density at radius 3 is 1.73 bits per heavy atom. The molecule has 92 valence electrons. The van der Waals surface area contributed by atoms with E-state index < -0.39 is 18.7 Å². The second-order valence-electron chi connectivity index (χ2n) is 2.63. The van der Waals surface area contributed by atoms with Gasteiger partial charge in [0.25, 0.3) is 0 Å². The lowest BCUT2D eigenvalue weighted by Gasteiger charge is -2.08. The highest BCUT2D eigenvalue weighted by Crippen LogP contribution is 1.99. The van der Waals surface area contributed by atoms with Gasteiger partial charge in [-0.1, -0.05) is 24.0 Å². The molecule has 0 radical (unpaired) electrons. The van der Waals surface area contributed by atoms with E-state index in [2.05, 4.69) is 17.5 Å². The number of nitrogens with two attached hydrogens (primary N) is 1. The number of hydrogen-bond acceptors (Lipinski definition) is 7. The van der Waals surface area contributed by atoms with Gasteiger partial charge in [-0.2, -0.15) is 0 Å². The summed E-state index contributed by atoms with van der Waals surface area (Å²) < 4.78 is 0.234. The highest BCUT2D eigenvalue weighted by atomic mass is 32.2.